The largest absolute Gasteiger partial charge is 1.00 e. The topological polar surface area (TPSA) is 162 Å². The second-order valence-corrected chi connectivity index (χ2v) is 9.38. The number of ether oxygens (including phenoxy) is 2. The van der Waals surface area contributed by atoms with E-state index in [4.69, 9.17) is 14.0 Å². The molecule has 1 N–H and O–H groups in total. The van der Waals surface area contributed by atoms with E-state index in [0.29, 0.717) is 29.3 Å². The minimum atomic E-state index is -1.30. The first-order valence-electron chi connectivity index (χ1n) is 11.4. The molecule has 4 heterocycles. The van der Waals surface area contributed by atoms with E-state index < -0.39 is 11.9 Å². The van der Waals surface area contributed by atoms with Crippen LogP contribution in [0.5, 0.6) is 5.88 Å². The molecule has 192 valence electrons. The molecule has 5 rings (SSSR count). The van der Waals surface area contributed by atoms with Crippen molar-refractivity contribution in [2.75, 3.05) is 31.2 Å². The fraction of sp³-hybridized carbons (Fsp3) is 0.192. The summed E-state index contributed by atoms with van der Waals surface area (Å²) in [6, 6.07) is 14.2. The number of thiophene rings is 1. The van der Waals surface area contributed by atoms with Crippen molar-refractivity contribution in [3.8, 4) is 34.5 Å². The molecule has 1 fully saturated rings. The normalized spacial score (nSPS) is 12.8. The Kier molecular flexibility index (Phi) is 9.01. The molecule has 1 saturated heterocycles. The van der Waals surface area contributed by atoms with Crippen LogP contribution < -0.4 is 44.3 Å². The van der Waals surface area contributed by atoms with E-state index in [1.807, 2.05) is 30.3 Å². The number of aromatic carboxylic acids is 2. The number of rotatable bonds is 8. The summed E-state index contributed by atoms with van der Waals surface area (Å²) >= 11 is 0.980. The molecule has 4 aromatic rings. The van der Waals surface area contributed by atoms with E-state index in [1.54, 1.807) is 12.1 Å². The number of aromatic nitrogens is 2. The minimum absolute atomic E-state index is 0. The van der Waals surface area contributed by atoms with Crippen LogP contribution in [0.4, 0.5) is 5.69 Å². The van der Waals surface area contributed by atoms with Crippen molar-refractivity contribution in [2.24, 2.45) is 0 Å². The summed E-state index contributed by atoms with van der Waals surface area (Å²) in [4.78, 5) is 30.2. The molecule has 0 radical (unpaired) electrons. The number of morpholine rings is 1. The zero-order valence-electron chi connectivity index (χ0n) is 20.7. The van der Waals surface area contributed by atoms with Gasteiger partial charge in [0.1, 0.15) is 23.8 Å². The first kappa shape index (κ1) is 28.3. The van der Waals surface area contributed by atoms with Gasteiger partial charge in [-0.25, -0.2) is 9.78 Å². The zero-order chi connectivity index (χ0) is 26.6. The van der Waals surface area contributed by atoms with Crippen molar-refractivity contribution in [2.45, 2.75) is 6.61 Å². The predicted molar refractivity (Wildman–Crippen MR) is 133 cm³/mol. The number of nitriles is 1. The standard InChI is InChI=1S/C26H20N4O7S.Na/c27-12-19-18(23-20(25(31)32)13-28-37-23)11-21(15-1-3-16(4-2-15)30-7-9-35-10-8-30)29-24(19)36-14-17-5-6-22(38-17)26(33)34;/h1-6,11,13H,7-10,14H2,(H,31,32)(H,33,34);/q;+1/p-1. The quantitative estimate of drug-likeness (QED) is 0.288. The third-order valence-corrected chi connectivity index (χ3v) is 6.94. The van der Waals surface area contributed by atoms with Gasteiger partial charge in [-0.1, -0.05) is 17.3 Å². The maximum absolute atomic E-state index is 11.8. The minimum Gasteiger partial charge on any atom is -0.544 e. The van der Waals surface area contributed by atoms with Crippen molar-refractivity contribution >= 4 is 29.0 Å². The summed E-state index contributed by atoms with van der Waals surface area (Å²) in [5.74, 6) is -2.74. The van der Waals surface area contributed by atoms with Gasteiger partial charge in [-0.2, -0.15) is 5.26 Å². The summed E-state index contributed by atoms with van der Waals surface area (Å²) in [5.41, 5.74) is 2.02. The van der Waals surface area contributed by atoms with Crippen molar-refractivity contribution in [3.05, 3.63) is 69.5 Å². The maximum Gasteiger partial charge on any atom is 1.00 e. The molecular weight excluding hydrogens is 535 g/mol. The van der Waals surface area contributed by atoms with E-state index in [9.17, 15) is 25.1 Å². The molecule has 1 aliphatic rings. The molecule has 0 spiro atoms. The number of carbonyl (C=O) groups excluding carboxylic acids is 1. The first-order chi connectivity index (χ1) is 18.4. The van der Waals surface area contributed by atoms with Crippen LogP contribution in [0.1, 0.15) is 30.5 Å². The molecule has 0 amide bonds. The smallest absolute Gasteiger partial charge is 0.544 e. The maximum atomic E-state index is 11.8. The van der Waals surface area contributed by atoms with Crippen molar-refractivity contribution in [1.29, 1.82) is 5.26 Å². The van der Waals surface area contributed by atoms with Gasteiger partial charge in [0.05, 0.1) is 36.0 Å². The molecule has 0 atom stereocenters. The molecule has 0 bridgehead atoms. The molecule has 3 aromatic heterocycles. The molecule has 11 nitrogen and oxygen atoms in total. The van der Waals surface area contributed by atoms with E-state index in [0.717, 1.165) is 36.3 Å². The van der Waals surface area contributed by atoms with Gasteiger partial charge >= 0.3 is 35.5 Å². The SMILES string of the molecule is N#Cc1c(-c2oncc2C(=O)O)cc(-c2ccc(N3CCOCC3)cc2)nc1OCc1ccc(C(=O)[O-])s1.[Na+]. The molecule has 13 heteroatoms. The summed E-state index contributed by atoms with van der Waals surface area (Å²) < 4.78 is 16.5. The predicted octanol–water partition coefficient (Wildman–Crippen LogP) is -0.182. The second kappa shape index (κ2) is 12.4. The third-order valence-electron chi connectivity index (χ3n) is 5.90. The van der Waals surface area contributed by atoms with Crippen LogP contribution in [0.25, 0.3) is 22.6 Å². The molecular formula is C26H19N4NaO7S. The zero-order valence-corrected chi connectivity index (χ0v) is 23.6. The Morgan fingerprint density at radius 2 is 1.92 bits per heavy atom. The Hall–Kier alpha value is -3.73. The Morgan fingerprint density at radius 3 is 2.56 bits per heavy atom. The third kappa shape index (κ3) is 6.13. The van der Waals surface area contributed by atoms with Crippen LogP contribution in [-0.4, -0.2) is 53.5 Å². The fourth-order valence-corrected chi connectivity index (χ4v) is 4.77. The van der Waals surface area contributed by atoms with Crippen LogP contribution >= 0.6 is 11.3 Å². The molecule has 39 heavy (non-hydrogen) atoms. The Bertz CT molecular complexity index is 1540. The number of anilines is 1. The van der Waals surface area contributed by atoms with Crippen LogP contribution in [0.2, 0.25) is 0 Å². The Balaban J connectivity index is 0.00000353. The number of carboxylic acids is 2. The average molecular weight is 555 g/mol. The summed E-state index contributed by atoms with van der Waals surface area (Å²) in [7, 11) is 0. The monoisotopic (exact) mass is 554 g/mol. The molecule has 1 aliphatic heterocycles. The van der Waals surface area contributed by atoms with E-state index in [1.165, 1.54) is 6.07 Å². The number of benzene rings is 1. The van der Waals surface area contributed by atoms with Gasteiger partial charge in [-0.15, -0.1) is 11.3 Å². The van der Waals surface area contributed by atoms with Crippen molar-refractivity contribution < 1.29 is 63.4 Å². The number of carboxylic acid groups (broad SMARTS) is 2. The van der Waals surface area contributed by atoms with Crippen LogP contribution in [0.3, 0.4) is 0 Å². The van der Waals surface area contributed by atoms with Gasteiger partial charge < -0.3 is 33.9 Å². The van der Waals surface area contributed by atoms with E-state index >= 15 is 0 Å². The Morgan fingerprint density at radius 1 is 1.18 bits per heavy atom. The number of hydrogen-bond acceptors (Lipinski definition) is 11. The van der Waals surface area contributed by atoms with E-state index in [2.05, 4.69) is 15.0 Å². The fourth-order valence-electron chi connectivity index (χ4n) is 4.02. The molecule has 0 unspecified atom stereocenters. The van der Waals surface area contributed by atoms with Crippen LogP contribution in [0, 0.1) is 11.3 Å². The average Bonchev–Trinajstić information content (AvgIpc) is 3.62. The van der Waals surface area contributed by atoms with Crippen LogP contribution in [-0.2, 0) is 11.3 Å². The molecule has 1 aromatic carbocycles. The van der Waals surface area contributed by atoms with Crippen molar-refractivity contribution in [1.82, 2.24) is 10.1 Å². The number of carbonyl (C=O) groups is 2. The molecule has 0 saturated carbocycles. The first-order valence-corrected chi connectivity index (χ1v) is 12.3. The van der Waals surface area contributed by atoms with Gasteiger partial charge in [0.2, 0.25) is 5.88 Å². The summed E-state index contributed by atoms with van der Waals surface area (Å²) in [5, 5.41) is 34.3. The van der Waals surface area contributed by atoms with Gasteiger partial charge in [0.15, 0.2) is 5.76 Å². The van der Waals surface area contributed by atoms with E-state index in [-0.39, 0.29) is 69.4 Å². The summed E-state index contributed by atoms with van der Waals surface area (Å²) in [6.45, 7) is 2.80. The number of hydrogen-bond donors (Lipinski definition) is 1. The number of pyridine rings is 1. The van der Waals surface area contributed by atoms with Crippen LogP contribution in [0.15, 0.2) is 53.2 Å². The number of nitrogens with zero attached hydrogens (tertiary/aromatic N) is 4. The van der Waals surface area contributed by atoms with Crippen molar-refractivity contribution in [3.63, 3.8) is 0 Å². The van der Waals surface area contributed by atoms with Gasteiger partial charge in [0, 0.05) is 34.8 Å². The second-order valence-electron chi connectivity index (χ2n) is 8.21. The van der Waals surface area contributed by atoms with Gasteiger partial charge in [0.25, 0.3) is 0 Å². The Labute approximate surface area is 248 Å². The molecule has 0 aliphatic carbocycles. The van der Waals surface area contributed by atoms with Gasteiger partial charge in [-0.3, -0.25) is 0 Å². The summed E-state index contributed by atoms with van der Waals surface area (Å²) in [6.07, 6.45) is 1.06. The van der Waals surface area contributed by atoms with Gasteiger partial charge in [-0.05, 0) is 30.3 Å².